The second-order valence-corrected chi connectivity index (χ2v) is 9.84. The molecule has 9 heteroatoms. The molecule has 2 N–H and O–H groups in total. The number of amides is 1. The summed E-state index contributed by atoms with van der Waals surface area (Å²) < 4.78 is 32.3. The maximum atomic E-state index is 12.4. The van der Waals surface area contributed by atoms with Crippen LogP contribution in [0.1, 0.15) is 37.0 Å². The first-order valence-electron chi connectivity index (χ1n) is 8.53. The molecular formula is C19H21N3O4S2. The number of nitrogens with zero attached hydrogens (tertiary/aromatic N) is 1. The third-order valence-corrected chi connectivity index (χ3v) is 6.32. The van der Waals surface area contributed by atoms with Crippen LogP contribution in [0.25, 0.3) is 10.4 Å². The zero-order valence-corrected chi connectivity index (χ0v) is 17.6. The van der Waals surface area contributed by atoms with Crippen LogP contribution < -0.4 is 10.0 Å². The first-order chi connectivity index (χ1) is 13.0. The highest BCUT2D eigenvalue weighted by Crippen LogP contribution is 2.32. The monoisotopic (exact) mass is 419 g/mol. The highest BCUT2D eigenvalue weighted by Gasteiger charge is 2.26. The fraction of sp³-hybridized carbons (Fsp3) is 0.263. The Morgan fingerprint density at radius 1 is 1.11 bits per heavy atom. The van der Waals surface area contributed by atoms with Gasteiger partial charge in [-0.05, 0) is 45.4 Å². The summed E-state index contributed by atoms with van der Waals surface area (Å²) in [6.45, 7) is 7.02. The number of sulfonamides is 1. The lowest BCUT2D eigenvalue weighted by molar-refractivity contribution is 0.0991. The average Bonchev–Trinajstić information content (AvgIpc) is 3.21. The molecule has 0 atom stereocenters. The van der Waals surface area contributed by atoms with Crippen LogP contribution in [0.2, 0.25) is 0 Å². The summed E-state index contributed by atoms with van der Waals surface area (Å²) in [6, 6.07) is 12.3. The Morgan fingerprint density at radius 3 is 2.43 bits per heavy atom. The highest BCUT2D eigenvalue weighted by molar-refractivity contribution is 7.89. The van der Waals surface area contributed by atoms with Crippen LogP contribution in [0.5, 0.6) is 0 Å². The van der Waals surface area contributed by atoms with E-state index in [0.29, 0.717) is 5.13 Å². The Kier molecular flexibility index (Phi) is 5.42. The number of benzene rings is 1. The van der Waals surface area contributed by atoms with E-state index in [4.69, 9.17) is 4.42 Å². The molecule has 3 aromatic rings. The first kappa shape index (κ1) is 20.2. The van der Waals surface area contributed by atoms with Crippen molar-refractivity contribution in [2.24, 2.45) is 0 Å². The third-order valence-electron chi connectivity index (χ3n) is 3.56. The number of carbonyl (C=O) groups is 1. The van der Waals surface area contributed by atoms with E-state index in [9.17, 15) is 13.2 Å². The molecule has 0 radical (unpaired) electrons. The lowest BCUT2D eigenvalue weighted by Gasteiger charge is -2.18. The average molecular weight is 420 g/mol. The van der Waals surface area contributed by atoms with E-state index < -0.39 is 21.5 Å². The Bertz CT molecular complexity index is 1090. The molecule has 3 rings (SSSR count). The van der Waals surface area contributed by atoms with Gasteiger partial charge in [0.1, 0.15) is 0 Å². The molecule has 0 spiro atoms. The lowest BCUT2D eigenvalue weighted by Crippen LogP contribution is -2.40. The molecule has 1 aromatic carbocycles. The largest absolute Gasteiger partial charge is 0.438 e. The Labute approximate surface area is 167 Å². The van der Waals surface area contributed by atoms with Gasteiger partial charge in [0.2, 0.25) is 5.09 Å². The van der Waals surface area contributed by atoms with Crippen LogP contribution in [-0.2, 0) is 10.0 Å². The predicted octanol–water partition coefficient (Wildman–Crippen LogP) is 4.04. The van der Waals surface area contributed by atoms with Gasteiger partial charge in [-0.2, -0.15) is 0 Å². The number of rotatable bonds is 5. The molecule has 0 fully saturated rings. The fourth-order valence-electron chi connectivity index (χ4n) is 2.51. The van der Waals surface area contributed by atoms with Crippen molar-refractivity contribution < 1.29 is 17.6 Å². The van der Waals surface area contributed by atoms with Crippen LogP contribution >= 0.6 is 11.3 Å². The van der Waals surface area contributed by atoms with Gasteiger partial charge in [-0.15, -0.1) is 0 Å². The zero-order valence-electron chi connectivity index (χ0n) is 15.9. The van der Waals surface area contributed by atoms with Gasteiger partial charge in [-0.1, -0.05) is 41.7 Å². The van der Waals surface area contributed by atoms with Crippen molar-refractivity contribution in [1.82, 2.24) is 9.71 Å². The standard InChI is InChI=1S/C19H21N3O4S2/c1-12-16(13-8-6-5-7-9-13)27-18(20-12)21-17(23)14-10-11-15(26-14)28(24,25)22-19(2,3)4/h5-11,22H,1-4H3,(H,20,21,23). The van der Waals surface area contributed by atoms with Gasteiger partial charge in [0, 0.05) is 5.54 Å². The van der Waals surface area contributed by atoms with Gasteiger partial charge in [0.15, 0.2) is 10.9 Å². The SMILES string of the molecule is Cc1nc(NC(=O)c2ccc(S(=O)(=O)NC(C)(C)C)o2)sc1-c1ccccc1. The van der Waals surface area contributed by atoms with E-state index in [-0.39, 0.29) is 10.9 Å². The van der Waals surface area contributed by atoms with E-state index >= 15 is 0 Å². The molecule has 2 aromatic heterocycles. The number of furan rings is 1. The maximum Gasteiger partial charge on any atom is 0.293 e. The van der Waals surface area contributed by atoms with Crippen molar-refractivity contribution in [2.75, 3.05) is 5.32 Å². The van der Waals surface area contributed by atoms with Gasteiger partial charge in [-0.25, -0.2) is 18.1 Å². The number of nitrogens with one attached hydrogen (secondary N) is 2. The van der Waals surface area contributed by atoms with Crippen molar-refractivity contribution in [3.05, 3.63) is 53.9 Å². The van der Waals surface area contributed by atoms with Crippen molar-refractivity contribution >= 4 is 32.4 Å². The smallest absolute Gasteiger partial charge is 0.293 e. The molecule has 0 bridgehead atoms. The summed E-state index contributed by atoms with van der Waals surface area (Å²) in [5.41, 5.74) is 1.14. The van der Waals surface area contributed by atoms with Crippen LogP contribution in [0.3, 0.4) is 0 Å². The molecule has 0 aliphatic rings. The molecule has 2 heterocycles. The van der Waals surface area contributed by atoms with Crippen molar-refractivity contribution in [1.29, 1.82) is 0 Å². The zero-order chi connectivity index (χ0) is 20.5. The van der Waals surface area contributed by atoms with Crippen molar-refractivity contribution in [3.63, 3.8) is 0 Å². The molecule has 0 aliphatic heterocycles. The van der Waals surface area contributed by atoms with Gasteiger partial charge < -0.3 is 4.42 Å². The molecule has 0 saturated carbocycles. The molecule has 148 valence electrons. The number of aromatic nitrogens is 1. The molecular weight excluding hydrogens is 398 g/mol. The topological polar surface area (TPSA) is 101 Å². The molecule has 0 aliphatic carbocycles. The first-order valence-corrected chi connectivity index (χ1v) is 10.8. The maximum absolute atomic E-state index is 12.4. The molecule has 0 saturated heterocycles. The summed E-state index contributed by atoms with van der Waals surface area (Å²) in [6.07, 6.45) is 0. The summed E-state index contributed by atoms with van der Waals surface area (Å²) in [4.78, 5) is 17.8. The van der Waals surface area contributed by atoms with E-state index in [1.165, 1.54) is 23.5 Å². The number of thiazole rings is 1. The minimum absolute atomic E-state index is 0.108. The minimum atomic E-state index is -3.85. The van der Waals surface area contributed by atoms with Gasteiger partial charge in [0.05, 0.1) is 10.6 Å². The summed E-state index contributed by atoms with van der Waals surface area (Å²) >= 11 is 1.34. The number of hydrogen-bond donors (Lipinski definition) is 2. The normalized spacial score (nSPS) is 12.1. The van der Waals surface area contributed by atoms with Crippen LogP contribution in [0.15, 0.2) is 52.0 Å². The number of aryl methyl sites for hydroxylation is 1. The molecule has 7 nitrogen and oxygen atoms in total. The van der Waals surface area contributed by atoms with E-state index in [2.05, 4.69) is 15.0 Å². The Morgan fingerprint density at radius 2 is 1.79 bits per heavy atom. The third kappa shape index (κ3) is 4.67. The highest BCUT2D eigenvalue weighted by atomic mass is 32.2. The van der Waals surface area contributed by atoms with Gasteiger partial charge in [-0.3, -0.25) is 10.1 Å². The minimum Gasteiger partial charge on any atom is -0.438 e. The number of carbonyl (C=O) groups excluding carboxylic acids is 1. The van der Waals surface area contributed by atoms with E-state index in [1.807, 2.05) is 37.3 Å². The Hall–Kier alpha value is -2.49. The second-order valence-electron chi connectivity index (χ2n) is 7.23. The van der Waals surface area contributed by atoms with Gasteiger partial charge >= 0.3 is 0 Å². The summed E-state index contributed by atoms with van der Waals surface area (Å²) in [5.74, 6) is -0.672. The van der Waals surface area contributed by atoms with Crippen LogP contribution in [0.4, 0.5) is 5.13 Å². The quantitative estimate of drug-likeness (QED) is 0.650. The Balaban J connectivity index is 1.77. The van der Waals surface area contributed by atoms with E-state index in [1.54, 1.807) is 20.8 Å². The van der Waals surface area contributed by atoms with Crippen LogP contribution in [-0.4, -0.2) is 24.8 Å². The molecule has 0 unspecified atom stereocenters. The van der Waals surface area contributed by atoms with Crippen molar-refractivity contribution in [2.45, 2.75) is 38.3 Å². The fourth-order valence-corrected chi connectivity index (χ4v) is 4.83. The van der Waals surface area contributed by atoms with Gasteiger partial charge in [0.25, 0.3) is 15.9 Å². The molecule has 1 amide bonds. The van der Waals surface area contributed by atoms with E-state index in [0.717, 1.165) is 16.1 Å². The number of hydrogen-bond acceptors (Lipinski definition) is 6. The summed E-state index contributed by atoms with van der Waals surface area (Å²) in [5, 5.41) is 2.76. The second kappa shape index (κ2) is 7.50. The van der Waals surface area contributed by atoms with Crippen LogP contribution in [0, 0.1) is 6.92 Å². The summed E-state index contributed by atoms with van der Waals surface area (Å²) in [7, 11) is -3.85. The van der Waals surface area contributed by atoms with Crippen molar-refractivity contribution in [3.8, 4) is 10.4 Å². The lowest BCUT2D eigenvalue weighted by atomic mass is 10.1. The molecule has 28 heavy (non-hydrogen) atoms. The predicted molar refractivity (Wildman–Crippen MR) is 109 cm³/mol. The number of anilines is 1.